The Bertz CT molecular complexity index is 1010. The summed E-state index contributed by atoms with van der Waals surface area (Å²) in [5, 5.41) is 41.2. The van der Waals surface area contributed by atoms with Crippen molar-refractivity contribution in [3.8, 4) is 0 Å². The molecule has 0 bridgehead atoms. The highest BCUT2D eigenvalue weighted by Gasteiger charge is 2.55. The van der Waals surface area contributed by atoms with Crippen LogP contribution < -0.4 is 0 Å². The molecule has 33 heavy (non-hydrogen) atoms. The van der Waals surface area contributed by atoms with Crippen LogP contribution in [-0.4, -0.2) is 63.8 Å². The fourth-order valence-electron chi connectivity index (χ4n) is 4.46. The molecule has 6 atom stereocenters. The zero-order valence-corrected chi connectivity index (χ0v) is 19.3. The fraction of sp³-hybridized carbons (Fsp3) is 0.440. The first-order chi connectivity index (χ1) is 15.8. The van der Waals surface area contributed by atoms with Crippen molar-refractivity contribution in [1.82, 2.24) is 0 Å². The van der Waals surface area contributed by atoms with Crippen LogP contribution in [0.15, 0.2) is 48.5 Å². The van der Waals surface area contributed by atoms with Crippen molar-refractivity contribution in [2.75, 3.05) is 13.7 Å². The van der Waals surface area contributed by atoms with Crippen LogP contribution in [0.5, 0.6) is 0 Å². The molecule has 2 aromatic rings. The summed E-state index contributed by atoms with van der Waals surface area (Å²) in [7, 11) is 1.35. The summed E-state index contributed by atoms with van der Waals surface area (Å²) in [6.45, 7) is 1.46. The topological polar surface area (TPSA) is 99.4 Å². The molecule has 0 aliphatic carbocycles. The van der Waals surface area contributed by atoms with E-state index < -0.39 is 36.8 Å². The second kappa shape index (κ2) is 9.84. The molecule has 0 saturated carbocycles. The zero-order valence-electron chi connectivity index (χ0n) is 18.5. The third-order valence-electron chi connectivity index (χ3n) is 6.44. The number of aliphatic hydroxyl groups excluding tert-OH is 4. The summed E-state index contributed by atoms with van der Waals surface area (Å²) in [6, 6.07) is 12.0. The zero-order chi connectivity index (χ0) is 23.8. The van der Waals surface area contributed by atoms with Crippen molar-refractivity contribution in [2.45, 2.75) is 55.2 Å². The van der Waals surface area contributed by atoms with E-state index in [4.69, 9.17) is 9.47 Å². The maximum atomic E-state index is 13.2. The van der Waals surface area contributed by atoms with Gasteiger partial charge in [0.2, 0.25) is 5.79 Å². The van der Waals surface area contributed by atoms with E-state index in [0.29, 0.717) is 5.56 Å². The van der Waals surface area contributed by atoms with E-state index in [2.05, 4.69) is 6.08 Å². The molecular formula is C25H29FO6S. The van der Waals surface area contributed by atoms with E-state index in [-0.39, 0.29) is 11.1 Å². The first kappa shape index (κ1) is 24.3. The summed E-state index contributed by atoms with van der Waals surface area (Å²) in [6.07, 6.45) is -1.87. The molecule has 4 N–H and O–H groups in total. The van der Waals surface area contributed by atoms with E-state index in [1.165, 1.54) is 19.2 Å². The lowest BCUT2D eigenvalue weighted by molar-refractivity contribution is -0.366. The number of hydrogen-bond donors (Lipinski definition) is 4. The predicted octanol–water partition coefficient (Wildman–Crippen LogP) is 2.50. The van der Waals surface area contributed by atoms with Gasteiger partial charge in [-0.25, -0.2) is 4.39 Å². The van der Waals surface area contributed by atoms with Gasteiger partial charge in [0.15, 0.2) is 0 Å². The van der Waals surface area contributed by atoms with E-state index in [1.54, 1.807) is 30.0 Å². The molecule has 2 aromatic carbocycles. The lowest BCUT2D eigenvalue weighted by Gasteiger charge is -2.47. The summed E-state index contributed by atoms with van der Waals surface area (Å²) < 4.78 is 24.6. The van der Waals surface area contributed by atoms with Crippen LogP contribution in [0.3, 0.4) is 0 Å². The SMILES string of the molecule is COC1(c2ccc(C)c(CC3CC=C(c4ccc(F)cc4)S3)c2)OC(CO)[C@@H](O)C(O)[C@H]1O. The Kier molecular flexibility index (Phi) is 7.26. The van der Waals surface area contributed by atoms with Gasteiger partial charge < -0.3 is 29.9 Å². The number of thioether (sulfide) groups is 1. The summed E-state index contributed by atoms with van der Waals surface area (Å²) in [5.74, 6) is -1.99. The Labute approximate surface area is 196 Å². The number of halogens is 1. The smallest absolute Gasteiger partial charge is 0.224 e. The Morgan fingerprint density at radius 1 is 1.12 bits per heavy atom. The number of benzene rings is 2. The molecule has 6 nitrogen and oxygen atoms in total. The van der Waals surface area contributed by atoms with Gasteiger partial charge in [0.1, 0.15) is 30.2 Å². The molecule has 4 unspecified atom stereocenters. The molecule has 178 valence electrons. The van der Waals surface area contributed by atoms with Crippen LogP contribution in [0.25, 0.3) is 4.91 Å². The number of ether oxygens (including phenoxy) is 2. The van der Waals surface area contributed by atoms with E-state index in [1.807, 2.05) is 19.1 Å². The lowest BCUT2D eigenvalue weighted by atomic mass is 9.86. The molecule has 1 saturated heterocycles. The summed E-state index contributed by atoms with van der Waals surface area (Å²) in [4.78, 5) is 1.12. The third kappa shape index (κ3) is 4.61. The molecule has 0 spiro atoms. The normalized spacial score (nSPS) is 32.1. The van der Waals surface area contributed by atoms with Crippen LogP contribution in [0, 0.1) is 12.7 Å². The van der Waals surface area contributed by atoms with Gasteiger partial charge in [-0.05, 0) is 48.6 Å². The molecule has 0 radical (unpaired) electrons. The number of aliphatic hydroxyl groups is 4. The van der Waals surface area contributed by atoms with Gasteiger partial charge in [-0.15, -0.1) is 11.8 Å². The minimum absolute atomic E-state index is 0.258. The van der Waals surface area contributed by atoms with Crippen molar-refractivity contribution in [2.24, 2.45) is 0 Å². The fourth-order valence-corrected chi connectivity index (χ4v) is 5.74. The standard InChI is InChI=1S/C25H29FO6S/c1-14-3-6-17(25(31-2)24(30)23(29)22(28)20(13-27)32-25)11-16(14)12-19-9-10-21(33-19)15-4-7-18(26)8-5-15/h3-8,10-11,19-20,22-24,27-30H,9,12-13H2,1-2H3/t19?,20?,22-,23?,24-,25?/m1/s1. The van der Waals surface area contributed by atoms with E-state index in [9.17, 15) is 24.8 Å². The van der Waals surface area contributed by atoms with Gasteiger partial charge >= 0.3 is 0 Å². The average Bonchev–Trinajstić information content (AvgIpc) is 3.29. The first-order valence-corrected chi connectivity index (χ1v) is 11.8. The van der Waals surface area contributed by atoms with Crippen LogP contribution >= 0.6 is 11.8 Å². The van der Waals surface area contributed by atoms with Crippen LogP contribution in [0.2, 0.25) is 0 Å². The predicted molar refractivity (Wildman–Crippen MR) is 124 cm³/mol. The maximum absolute atomic E-state index is 13.2. The Morgan fingerprint density at radius 2 is 1.85 bits per heavy atom. The Balaban J connectivity index is 1.56. The quantitative estimate of drug-likeness (QED) is 0.508. The second-order valence-corrected chi connectivity index (χ2v) is 9.87. The summed E-state index contributed by atoms with van der Waals surface area (Å²) in [5.41, 5.74) is 3.59. The van der Waals surface area contributed by atoms with Gasteiger partial charge in [-0.3, -0.25) is 0 Å². The molecule has 4 rings (SSSR count). The van der Waals surface area contributed by atoms with Crippen LogP contribution in [0.4, 0.5) is 4.39 Å². The molecular weight excluding hydrogens is 447 g/mol. The van der Waals surface area contributed by atoms with Crippen molar-refractivity contribution in [3.63, 3.8) is 0 Å². The average molecular weight is 477 g/mol. The number of aryl methyl sites for hydroxylation is 1. The Hall–Kier alpha value is -1.78. The van der Waals surface area contributed by atoms with Gasteiger partial charge in [0.05, 0.1) is 6.61 Å². The van der Waals surface area contributed by atoms with Crippen LogP contribution in [0.1, 0.15) is 28.7 Å². The van der Waals surface area contributed by atoms with Gasteiger partial charge in [-0.2, -0.15) is 0 Å². The molecule has 2 aliphatic heterocycles. The first-order valence-electron chi connectivity index (χ1n) is 10.9. The third-order valence-corrected chi connectivity index (χ3v) is 7.79. The maximum Gasteiger partial charge on any atom is 0.224 e. The minimum Gasteiger partial charge on any atom is -0.394 e. The molecule has 0 amide bonds. The second-order valence-electron chi connectivity index (χ2n) is 8.53. The molecule has 2 aliphatic rings. The van der Waals surface area contributed by atoms with Gasteiger partial charge in [0, 0.05) is 22.8 Å². The molecule has 1 fully saturated rings. The van der Waals surface area contributed by atoms with E-state index in [0.717, 1.165) is 34.4 Å². The van der Waals surface area contributed by atoms with Crippen molar-refractivity contribution < 1.29 is 34.3 Å². The van der Waals surface area contributed by atoms with E-state index >= 15 is 0 Å². The highest BCUT2D eigenvalue weighted by molar-refractivity contribution is 8.09. The van der Waals surface area contributed by atoms with Gasteiger partial charge in [-0.1, -0.05) is 36.4 Å². The number of hydrogen-bond acceptors (Lipinski definition) is 7. The molecule has 8 heteroatoms. The number of rotatable bonds is 6. The number of allylic oxidation sites excluding steroid dienone is 1. The van der Waals surface area contributed by atoms with Crippen molar-refractivity contribution >= 4 is 16.7 Å². The van der Waals surface area contributed by atoms with Crippen molar-refractivity contribution in [1.29, 1.82) is 0 Å². The van der Waals surface area contributed by atoms with Crippen LogP contribution in [-0.2, 0) is 21.7 Å². The summed E-state index contributed by atoms with van der Waals surface area (Å²) >= 11 is 1.75. The molecule has 2 heterocycles. The molecule has 0 aromatic heterocycles. The van der Waals surface area contributed by atoms with Crippen molar-refractivity contribution in [3.05, 3.63) is 76.6 Å². The Morgan fingerprint density at radius 3 is 2.52 bits per heavy atom. The number of methoxy groups -OCH3 is 1. The lowest BCUT2D eigenvalue weighted by Crippen LogP contribution is -2.64. The monoisotopic (exact) mass is 476 g/mol. The highest BCUT2D eigenvalue weighted by atomic mass is 32.2. The highest BCUT2D eigenvalue weighted by Crippen LogP contribution is 2.43. The minimum atomic E-state index is -1.73. The largest absolute Gasteiger partial charge is 0.394 e. The van der Waals surface area contributed by atoms with Gasteiger partial charge in [0.25, 0.3) is 0 Å².